The number of carbonyl (C=O) groups excluding carboxylic acids is 1. The highest BCUT2D eigenvalue weighted by Gasteiger charge is 2.24. The predicted octanol–water partition coefficient (Wildman–Crippen LogP) is 3.87. The number of hydrogen-bond acceptors (Lipinski definition) is 3. The van der Waals surface area contributed by atoms with Gasteiger partial charge in [-0.15, -0.1) is 0 Å². The maximum atomic E-state index is 13.2. The van der Waals surface area contributed by atoms with E-state index in [1.807, 2.05) is 25.2 Å². The van der Waals surface area contributed by atoms with Gasteiger partial charge in [-0.3, -0.25) is 4.79 Å². The molecule has 0 radical (unpaired) electrons. The van der Waals surface area contributed by atoms with Gasteiger partial charge in [-0.05, 0) is 41.8 Å². The van der Waals surface area contributed by atoms with E-state index in [4.69, 9.17) is 4.74 Å². The molecular formula is C21H20FN3O2. The third-order valence-electron chi connectivity index (χ3n) is 4.78. The van der Waals surface area contributed by atoms with Crippen LogP contribution < -0.4 is 5.32 Å². The van der Waals surface area contributed by atoms with Crippen molar-refractivity contribution in [2.24, 2.45) is 7.05 Å². The average molecular weight is 365 g/mol. The second kappa shape index (κ2) is 7.32. The summed E-state index contributed by atoms with van der Waals surface area (Å²) >= 11 is 0. The zero-order chi connectivity index (χ0) is 18.8. The van der Waals surface area contributed by atoms with E-state index in [2.05, 4.69) is 16.4 Å². The fourth-order valence-electron chi connectivity index (χ4n) is 3.39. The van der Waals surface area contributed by atoms with Crippen LogP contribution in [0.5, 0.6) is 0 Å². The minimum Gasteiger partial charge on any atom is -0.373 e. The molecule has 5 nitrogen and oxygen atoms in total. The molecule has 2 aromatic carbocycles. The normalized spacial score (nSPS) is 16.0. The second-order valence-corrected chi connectivity index (χ2v) is 6.62. The molecule has 0 bridgehead atoms. The zero-order valence-corrected chi connectivity index (χ0v) is 15.0. The summed E-state index contributed by atoms with van der Waals surface area (Å²) in [6.45, 7) is 0.613. The van der Waals surface area contributed by atoms with E-state index in [0.717, 1.165) is 17.5 Å². The van der Waals surface area contributed by atoms with Crippen LogP contribution in [-0.2, 0) is 23.0 Å². The number of amides is 1. The van der Waals surface area contributed by atoms with E-state index in [1.54, 1.807) is 23.0 Å². The summed E-state index contributed by atoms with van der Waals surface area (Å²) in [5.74, 6) is 0.118. The largest absolute Gasteiger partial charge is 0.373 e. The Morgan fingerprint density at radius 3 is 2.85 bits per heavy atom. The van der Waals surface area contributed by atoms with Crippen LogP contribution in [0, 0.1) is 5.82 Å². The summed E-state index contributed by atoms with van der Waals surface area (Å²) in [6.07, 6.45) is 2.47. The zero-order valence-electron chi connectivity index (χ0n) is 15.0. The monoisotopic (exact) mass is 365 g/mol. The molecule has 1 aromatic heterocycles. The summed E-state index contributed by atoms with van der Waals surface area (Å²) in [5.41, 5.74) is 3.65. The second-order valence-electron chi connectivity index (χ2n) is 6.62. The number of nitrogens with zero attached hydrogens (tertiary/aromatic N) is 2. The number of fused-ring (bicyclic) bond motifs is 1. The Morgan fingerprint density at radius 2 is 2.04 bits per heavy atom. The molecule has 4 rings (SSSR count). The number of aryl methyl sites for hydroxylation is 1. The summed E-state index contributed by atoms with van der Waals surface area (Å²) < 4.78 is 20.8. The number of imidazole rings is 1. The molecule has 27 heavy (non-hydrogen) atoms. The molecule has 1 amide bonds. The van der Waals surface area contributed by atoms with E-state index in [0.29, 0.717) is 18.1 Å². The van der Waals surface area contributed by atoms with Crippen molar-refractivity contribution in [2.75, 3.05) is 11.9 Å². The molecule has 0 aliphatic carbocycles. The number of halogens is 1. The lowest BCUT2D eigenvalue weighted by atomic mass is 9.95. The number of rotatable bonds is 4. The highest BCUT2D eigenvalue weighted by Crippen LogP contribution is 2.31. The highest BCUT2D eigenvalue weighted by atomic mass is 19.1. The molecule has 1 N–H and O–H groups in total. The van der Waals surface area contributed by atoms with Gasteiger partial charge < -0.3 is 14.6 Å². The van der Waals surface area contributed by atoms with Gasteiger partial charge in [0.15, 0.2) is 0 Å². The van der Waals surface area contributed by atoms with Crippen molar-refractivity contribution in [3.05, 3.63) is 71.8 Å². The van der Waals surface area contributed by atoms with Crippen molar-refractivity contribution in [1.29, 1.82) is 0 Å². The smallest absolute Gasteiger partial charge is 0.228 e. The molecule has 1 aliphatic heterocycles. The van der Waals surface area contributed by atoms with Gasteiger partial charge in [-0.25, -0.2) is 9.37 Å². The SMILES string of the molecule is Cn1cnc(-c2ccc(F)cc2)c1NC(=O)CC1OCCc2ccccc21. The van der Waals surface area contributed by atoms with Crippen molar-refractivity contribution >= 4 is 11.7 Å². The molecule has 0 saturated heterocycles. The number of carbonyl (C=O) groups is 1. The predicted molar refractivity (Wildman–Crippen MR) is 101 cm³/mol. The first-order chi connectivity index (χ1) is 13.1. The van der Waals surface area contributed by atoms with Gasteiger partial charge in [0.05, 0.1) is 25.5 Å². The third kappa shape index (κ3) is 3.61. The van der Waals surface area contributed by atoms with E-state index in [9.17, 15) is 9.18 Å². The van der Waals surface area contributed by atoms with Crippen LogP contribution in [-0.4, -0.2) is 22.1 Å². The van der Waals surface area contributed by atoms with Gasteiger partial charge in [0.25, 0.3) is 0 Å². The standard InChI is InChI=1S/C21H20FN3O2/c1-25-13-23-20(15-6-8-16(22)9-7-15)21(25)24-19(26)12-18-17-5-3-2-4-14(17)10-11-27-18/h2-9,13,18H,10-12H2,1H3,(H,24,26). The van der Waals surface area contributed by atoms with E-state index < -0.39 is 0 Å². The van der Waals surface area contributed by atoms with Gasteiger partial charge >= 0.3 is 0 Å². The van der Waals surface area contributed by atoms with Crippen LogP contribution in [0.15, 0.2) is 54.9 Å². The van der Waals surface area contributed by atoms with Gasteiger partial charge in [0.2, 0.25) is 5.91 Å². The van der Waals surface area contributed by atoms with Gasteiger partial charge in [0, 0.05) is 12.6 Å². The molecule has 6 heteroatoms. The summed E-state index contributed by atoms with van der Waals surface area (Å²) in [5, 5.41) is 2.94. The maximum absolute atomic E-state index is 13.2. The molecule has 3 aromatic rings. The molecule has 0 fully saturated rings. The number of aromatic nitrogens is 2. The third-order valence-corrected chi connectivity index (χ3v) is 4.78. The van der Waals surface area contributed by atoms with Crippen LogP contribution in [0.2, 0.25) is 0 Å². The Balaban J connectivity index is 1.53. The Bertz CT molecular complexity index is 966. The fourth-order valence-corrected chi connectivity index (χ4v) is 3.39. The first-order valence-electron chi connectivity index (χ1n) is 8.88. The Hall–Kier alpha value is -2.99. The molecule has 1 unspecified atom stereocenters. The summed E-state index contributed by atoms with van der Waals surface area (Å²) in [7, 11) is 1.81. The van der Waals surface area contributed by atoms with Crippen LogP contribution >= 0.6 is 0 Å². The van der Waals surface area contributed by atoms with Gasteiger partial charge in [0.1, 0.15) is 17.3 Å². The topological polar surface area (TPSA) is 56.2 Å². The van der Waals surface area contributed by atoms with Crippen molar-refractivity contribution < 1.29 is 13.9 Å². The Morgan fingerprint density at radius 1 is 1.26 bits per heavy atom. The number of benzene rings is 2. The summed E-state index contributed by atoms with van der Waals surface area (Å²) in [4.78, 5) is 17.0. The van der Waals surface area contributed by atoms with Crippen molar-refractivity contribution in [3.8, 4) is 11.3 Å². The molecular weight excluding hydrogens is 345 g/mol. The first kappa shape index (κ1) is 17.4. The number of anilines is 1. The highest BCUT2D eigenvalue weighted by molar-refractivity contribution is 5.94. The molecule has 0 saturated carbocycles. The number of ether oxygens (including phenoxy) is 1. The van der Waals surface area contributed by atoms with E-state index in [1.165, 1.54) is 17.7 Å². The van der Waals surface area contributed by atoms with Crippen LogP contribution in [0.4, 0.5) is 10.2 Å². The average Bonchev–Trinajstić information content (AvgIpc) is 3.03. The maximum Gasteiger partial charge on any atom is 0.228 e. The quantitative estimate of drug-likeness (QED) is 0.764. The van der Waals surface area contributed by atoms with Crippen molar-refractivity contribution in [2.45, 2.75) is 18.9 Å². The van der Waals surface area contributed by atoms with E-state index in [-0.39, 0.29) is 24.2 Å². The Labute approximate surface area is 156 Å². The van der Waals surface area contributed by atoms with Crippen molar-refractivity contribution in [3.63, 3.8) is 0 Å². The minimum absolute atomic E-state index is 0.149. The number of nitrogens with one attached hydrogen (secondary N) is 1. The van der Waals surface area contributed by atoms with Crippen LogP contribution in [0.1, 0.15) is 23.7 Å². The molecule has 0 spiro atoms. The molecule has 138 valence electrons. The molecule has 1 aliphatic rings. The van der Waals surface area contributed by atoms with Crippen LogP contribution in [0.25, 0.3) is 11.3 Å². The first-order valence-corrected chi connectivity index (χ1v) is 8.88. The fraction of sp³-hybridized carbons (Fsp3) is 0.238. The lowest BCUT2D eigenvalue weighted by molar-refractivity contribution is -0.119. The van der Waals surface area contributed by atoms with Crippen LogP contribution in [0.3, 0.4) is 0 Å². The number of hydrogen-bond donors (Lipinski definition) is 1. The lowest BCUT2D eigenvalue weighted by Gasteiger charge is -2.25. The minimum atomic E-state index is -0.312. The van der Waals surface area contributed by atoms with Gasteiger partial charge in [-0.2, -0.15) is 0 Å². The van der Waals surface area contributed by atoms with Crippen molar-refractivity contribution in [1.82, 2.24) is 9.55 Å². The van der Waals surface area contributed by atoms with E-state index >= 15 is 0 Å². The molecule has 1 atom stereocenters. The van der Waals surface area contributed by atoms with Gasteiger partial charge in [-0.1, -0.05) is 24.3 Å². The Kier molecular flexibility index (Phi) is 4.73. The summed E-state index contributed by atoms with van der Waals surface area (Å²) in [6, 6.07) is 14.1. The lowest BCUT2D eigenvalue weighted by Crippen LogP contribution is -2.23. The molecule has 2 heterocycles.